The van der Waals surface area contributed by atoms with Gasteiger partial charge in [0.1, 0.15) is 13.2 Å². The predicted octanol–water partition coefficient (Wildman–Crippen LogP) is 23.8. The maximum absolute atomic E-state index is 12.9. The molecule has 0 radical (unpaired) electrons. The molecular weight excluding hydrogens is 985 g/mol. The average molecular weight is 1120 g/mol. The summed E-state index contributed by atoms with van der Waals surface area (Å²) >= 11 is 0. The summed E-state index contributed by atoms with van der Waals surface area (Å²) in [4.78, 5) is 38.4. The van der Waals surface area contributed by atoms with E-state index < -0.39 is 6.10 Å². The molecule has 0 aliphatic rings. The molecule has 1 atom stereocenters. The first kappa shape index (κ1) is 76.6. The lowest BCUT2D eigenvalue weighted by Crippen LogP contribution is -2.30. The number of esters is 3. The van der Waals surface area contributed by atoms with Crippen molar-refractivity contribution >= 4 is 17.9 Å². The Hall–Kier alpha value is -3.41. The van der Waals surface area contributed by atoms with E-state index in [0.29, 0.717) is 19.3 Å². The van der Waals surface area contributed by atoms with Crippen molar-refractivity contribution in [3.05, 3.63) is 85.1 Å². The fourth-order valence-corrected chi connectivity index (χ4v) is 10.0. The van der Waals surface area contributed by atoms with Crippen LogP contribution in [0.3, 0.4) is 0 Å². The molecule has 0 bridgehead atoms. The number of rotatable bonds is 63. The molecule has 0 rings (SSSR count). The predicted molar refractivity (Wildman–Crippen MR) is 348 cm³/mol. The SMILES string of the molecule is CC/C=C\C/C=C\C/C=C\C/C=C\C/C=C\C/C=C\C/C=C\CCCCCCCCCCCC(=O)OCC(COC(=O)CCCCCCCCCCCCCC)OC(=O)CCCCCCCCCCCCCCCCCCCCC. The van der Waals surface area contributed by atoms with Gasteiger partial charge in [-0.1, -0.05) is 337 Å². The minimum Gasteiger partial charge on any atom is -0.462 e. The third kappa shape index (κ3) is 65.4. The van der Waals surface area contributed by atoms with Gasteiger partial charge < -0.3 is 14.2 Å². The third-order valence-electron chi connectivity index (χ3n) is 15.2. The van der Waals surface area contributed by atoms with Crippen LogP contribution in [0.4, 0.5) is 0 Å². The van der Waals surface area contributed by atoms with Crippen LogP contribution in [0.2, 0.25) is 0 Å². The van der Waals surface area contributed by atoms with Crippen molar-refractivity contribution in [2.45, 2.75) is 354 Å². The van der Waals surface area contributed by atoms with E-state index in [1.165, 1.54) is 199 Å². The minimum atomic E-state index is -0.776. The second kappa shape index (κ2) is 68.1. The second-order valence-electron chi connectivity index (χ2n) is 23.1. The number of carbonyl (C=O) groups excluding carboxylic acids is 3. The van der Waals surface area contributed by atoms with E-state index in [4.69, 9.17) is 14.2 Å². The number of hydrogen-bond donors (Lipinski definition) is 0. The van der Waals surface area contributed by atoms with E-state index in [-0.39, 0.29) is 31.1 Å². The normalized spacial score (nSPS) is 12.6. The topological polar surface area (TPSA) is 78.9 Å². The van der Waals surface area contributed by atoms with Crippen molar-refractivity contribution in [2.24, 2.45) is 0 Å². The number of allylic oxidation sites excluding steroid dienone is 14. The number of carbonyl (C=O) groups is 3. The van der Waals surface area contributed by atoms with Gasteiger partial charge in [-0.3, -0.25) is 14.4 Å². The first-order valence-corrected chi connectivity index (χ1v) is 34.6. The van der Waals surface area contributed by atoms with E-state index in [1.54, 1.807) is 0 Å². The van der Waals surface area contributed by atoms with Crippen LogP contribution in [0.5, 0.6) is 0 Å². The zero-order chi connectivity index (χ0) is 57.8. The fourth-order valence-electron chi connectivity index (χ4n) is 10.0. The molecule has 0 amide bonds. The maximum atomic E-state index is 12.9. The van der Waals surface area contributed by atoms with Crippen molar-refractivity contribution in [2.75, 3.05) is 13.2 Å². The molecule has 6 nitrogen and oxygen atoms in total. The molecule has 0 aromatic heterocycles. The smallest absolute Gasteiger partial charge is 0.306 e. The van der Waals surface area contributed by atoms with Crippen LogP contribution < -0.4 is 0 Å². The Kier molecular flexibility index (Phi) is 65.2. The Morgan fingerprint density at radius 2 is 0.487 bits per heavy atom. The number of hydrogen-bond acceptors (Lipinski definition) is 6. The summed E-state index contributed by atoms with van der Waals surface area (Å²) < 4.78 is 17.0. The van der Waals surface area contributed by atoms with Crippen molar-refractivity contribution in [1.29, 1.82) is 0 Å². The quantitative estimate of drug-likeness (QED) is 0.0261. The lowest BCUT2D eigenvalue weighted by molar-refractivity contribution is -0.167. The summed E-state index contributed by atoms with van der Waals surface area (Å²) in [6, 6.07) is 0. The zero-order valence-corrected chi connectivity index (χ0v) is 53.1. The van der Waals surface area contributed by atoms with Gasteiger partial charge in [-0.25, -0.2) is 0 Å². The summed E-state index contributed by atoms with van der Waals surface area (Å²) in [6.07, 6.45) is 90.3. The van der Waals surface area contributed by atoms with E-state index >= 15 is 0 Å². The first-order valence-electron chi connectivity index (χ1n) is 34.6. The molecule has 0 saturated heterocycles. The molecule has 0 saturated carbocycles. The zero-order valence-electron chi connectivity index (χ0n) is 53.1. The highest BCUT2D eigenvalue weighted by Gasteiger charge is 2.19. The summed E-state index contributed by atoms with van der Waals surface area (Å²) in [7, 11) is 0. The fraction of sp³-hybridized carbons (Fsp3) is 0.770. The molecule has 0 heterocycles. The number of ether oxygens (including phenoxy) is 3. The van der Waals surface area contributed by atoms with Crippen LogP contribution in [0, 0.1) is 0 Å². The molecule has 0 fully saturated rings. The molecule has 1 unspecified atom stereocenters. The van der Waals surface area contributed by atoms with Crippen molar-refractivity contribution in [3.8, 4) is 0 Å². The molecule has 462 valence electrons. The van der Waals surface area contributed by atoms with Gasteiger partial charge in [-0.2, -0.15) is 0 Å². The molecule has 0 aliphatic heterocycles. The minimum absolute atomic E-state index is 0.0723. The van der Waals surface area contributed by atoms with Gasteiger partial charge >= 0.3 is 17.9 Å². The molecule has 0 spiro atoms. The van der Waals surface area contributed by atoms with Crippen LogP contribution >= 0.6 is 0 Å². The highest BCUT2D eigenvalue weighted by atomic mass is 16.6. The Labute approximate surface area is 496 Å². The third-order valence-corrected chi connectivity index (χ3v) is 15.2. The molecular formula is C74H130O6. The number of unbranched alkanes of at least 4 members (excludes halogenated alkanes) is 38. The van der Waals surface area contributed by atoms with E-state index in [0.717, 1.165) is 109 Å². The van der Waals surface area contributed by atoms with Gasteiger partial charge in [0.25, 0.3) is 0 Å². The Morgan fingerprint density at radius 1 is 0.263 bits per heavy atom. The summed E-state index contributed by atoms with van der Waals surface area (Å²) in [6.45, 7) is 6.57. The molecule has 0 aliphatic carbocycles. The highest BCUT2D eigenvalue weighted by Crippen LogP contribution is 2.18. The molecule has 80 heavy (non-hydrogen) atoms. The Morgan fingerprint density at radius 3 is 0.762 bits per heavy atom. The summed E-state index contributed by atoms with van der Waals surface area (Å²) in [5.74, 6) is -0.859. The summed E-state index contributed by atoms with van der Waals surface area (Å²) in [5.41, 5.74) is 0. The Balaban J connectivity index is 4.24. The maximum Gasteiger partial charge on any atom is 0.306 e. The molecule has 0 aromatic rings. The van der Waals surface area contributed by atoms with E-state index in [1.807, 2.05) is 0 Å². The standard InChI is InChI=1S/C74H130O6/c1-4-7-10-13-16-19-22-25-27-29-31-32-33-34-35-36-37-38-39-40-41-42-44-45-47-49-52-55-58-61-64-67-73(76)79-70-71(69-78-72(75)66-63-60-57-54-51-24-21-18-15-12-9-6-3)80-74(77)68-65-62-59-56-53-50-48-46-43-30-28-26-23-20-17-14-11-8-5-2/h7,10,16,19,25,27,31-32,34-35,37-38,40-41,71H,4-6,8-9,11-15,17-18,20-24,26,28-30,33,36,39,42-70H2,1-3H3/b10-7-,19-16-,27-25-,32-31-,35-34-,38-37-,41-40-. The van der Waals surface area contributed by atoms with E-state index in [9.17, 15) is 14.4 Å². The van der Waals surface area contributed by atoms with Crippen molar-refractivity contribution in [3.63, 3.8) is 0 Å². The molecule has 6 heteroatoms. The average Bonchev–Trinajstić information content (AvgIpc) is 3.46. The van der Waals surface area contributed by atoms with Gasteiger partial charge in [0.15, 0.2) is 6.10 Å². The van der Waals surface area contributed by atoms with Gasteiger partial charge in [0, 0.05) is 19.3 Å². The van der Waals surface area contributed by atoms with Crippen molar-refractivity contribution < 1.29 is 28.6 Å². The van der Waals surface area contributed by atoms with E-state index in [2.05, 4.69) is 106 Å². The van der Waals surface area contributed by atoms with Crippen LogP contribution in [0.1, 0.15) is 348 Å². The molecule has 0 aromatic carbocycles. The largest absolute Gasteiger partial charge is 0.462 e. The van der Waals surface area contributed by atoms with Gasteiger partial charge in [0.05, 0.1) is 0 Å². The van der Waals surface area contributed by atoms with Gasteiger partial charge in [-0.05, 0) is 77.0 Å². The lowest BCUT2D eigenvalue weighted by Gasteiger charge is -2.18. The highest BCUT2D eigenvalue weighted by molar-refractivity contribution is 5.71. The lowest BCUT2D eigenvalue weighted by atomic mass is 10.0. The van der Waals surface area contributed by atoms with Crippen LogP contribution in [0.25, 0.3) is 0 Å². The molecule has 0 N–H and O–H groups in total. The van der Waals surface area contributed by atoms with Gasteiger partial charge in [-0.15, -0.1) is 0 Å². The van der Waals surface area contributed by atoms with Gasteiger partial charge in [0.2, 0.25) is 0 Å². The Bertz CT molecular complexity index is 1520. The second-order valence-corrected chi connectivity index (χ2v) is 23.1. The van der Waals surface area contributed by atoms with Crippen LogP contribution in [-0.4, -0.2) is 37.2 Å². The monoisotopic (exact) mass is 1110 g/mol. The first-order chi connectivity index (χ1) is 39.5. The van der Waals surface area contributed by atoms with Crippen LogP contribution in [0.15, 0.2) is 85.1 Å². The summed E-state index contributed by atoms with van der Waals surface area (Å²) in [5, 5.41) is 0. The van der Waals surface area contributed by atoms with Crippen LogP contribution in [-0.2, 0) is 28.6 Å². The van der Waals surface area contributed by atoms with Crippen molar-refractivity contribution in [1.82, 2.24) is 0 Å².